The van der Waals surface area contributed by atoms with E-state index in [1.54, 1.807) is 18.2 Å². The van der Waals surface area contributed by atoms with Crippen molar-refractivity contribution in [2.75, 3.05) is 20.2 Å². The summed E-state index contributed by atoms with van der Waals surface area (Å²) in [6.07, 6.45) is 4.06. The maximum absolute atomic E-state index is 13.5. The van der Waals surface area contributed by atoms with Crippen LogP contribution in [0.4, 0.5) is 4.39 Å². The summed E-state index contributed by atoms with van der Waals surface area (Å²) in [5.41, 5.74) is 0.502. The van der Waals surface area contributed by atoms with E-state index in [1.165, 1.54) is 6.07 Å². The van der Waals surface area contributed by atoms with Gasteiger partial charge in [-0.05, 0) is 44.7 Å². The molecule has 5 heteroatoms. The monoisotopic (exact) mass is 308 g/mol. The third-order valence-corrected chi connectivity index (χ3v) is 4.52. The number of aliphatic hydroxyl groups is 1. The Morgan fingerprint density at radius 2 is 2.00 bits per heavy atom. The first kappa shape index (κ1) is 16.9. The summed E-state index contributed by atoms with van der Waals surface area (Å²) in [6, 6.07) is 6.86. The smallest absolute Gasteiger partial charge is 0.234 e. The van der Waals surface area contributed by atoms with Gasteiger partial charge in [0.05, 0.1) is 6.54 Å². The van der Waals surface area contributed by atoms with Gasteiger partial charge in [-0.2, -0.15) is 0 Å². The maximum Gasteiger partial charge on any atom is 0.234 e. The zero-order valence-electron chi connectivity index (χ0n) is 13.1. The number of amides is 1. The first-order valence-corrected chi connectivity index (χ1v) is 7.91. The molecule has 122 valence electrons. The van der Waals surface area contributed by atoms with Crippen molar-refractivity contribution in [3.05, 3.63) is 35.6 Å². The van der Waals surface area contributed by atoms with Crippen molar-refractivity contribution in [2.45, 2.75) is 38.3 Å². The van der Waals surface area contributed by atoms with Gasteiger partial charge in [0.1, 0.15) is 5.82 Å². The molecule has 0 aliphatic heterocycles. The molecule has 1 aliphatic carbocycles. The summed E-state index contributed by atoms with van der Waals surface area (Å²) < 4.78 is 13.5. The molecule has 0 heterocycles. The summed E-state index contributed by atoms with van der Waals surface area (Å²) in [4.78, 5) is 14.0. The van der Waals surface area contributed by atoms with Crippen molar-refractivity contribution >= 4 is 5.91 Å². The highest BCUT2D eigenvalue weighted by Gasteiger charge is 2.24. The van der Waals surface area contributed by atoms with Gasteiger partial charge in [-0.25, -0.2) is 4.39 Å². The second kappa shape index (κ2) is 8.25. The van der Waals surface area contributed by atoms with Crippen LogP contribution in [0.1, 0.15) is 31.2 Å². The van der Waals surface area contributed by atoms with Crippen LogP contribution in [0, 0.1) is 11.7 Å². The van der Waals surface area contributed by atoms with Crippen molar-refractivity contribution in [3.63, 3.8) is 0 Å². The average Bonchev–Trinajstić information content (AvgIpc) is 2.54. The van der Waals surface area contributed by atoms with Gasteiger partial charge in [0.25, 0.3) is 0 Å². The summed E-state index contributed by atoms with van der Waals surface area (Å²) in [5, 5.41) is 11.9. The van der Waals surface area contributed by atoms with Crippen LogP contribution in [0.25, 0.3) is 0 Å². The number of carbonyl (C=O) groups excluding carboxylic acids is 1. The fraction of sp³-hybridized carbons (Fsp3) is 0.588. The fourth-order valence-electron chi connectivity index (χ4n) is 3.02. The third-order valence-electron chi connectivity index (χ3n) is 4.52. The molecule has 1 aromatic rings. The number of aliphatic hydroxyl groups excluding tert-OH is 1. The van der Waals surface area contributed by atoms with E-state index in [4.69, 9.17) is 5.11 Å². The molecule has 2 rings (SSSR count). The highest BCUT2D eigenvalue weighted by Crippen LogP contribution is 2.26. The minimum atomic E-state index is -0.293. The molecule has 2 N–H and O–H groups in total. The Balaban J connectivity index is 1.74. The quantitative estimate of drug-likeness (QED) is 0.844. The molecule has 0 aromatic heterocycles. The largest absolute Gasteiger partial charge is 0.396 e. The molecule has 1 aromatic carbocycles. The van der Waals surface area contributed by atoms with Crippen LogP contribution in [-0.4, -0.2) is 42.2 Å². The summed E-state index contributed by atoms with van der Waals surface area (Å²) in [5.74, 6) is 0.0352. The molecule has 1 saturated carbocycles. The molecule has 0 atom stereocenters. The van der Waals surface area contributed by atoms with E-state index in [0.717, 1.165) is 25.7 Å². The molecule has 0 unspecified atom stereocenters. The molecule has 0 radical (unpaired) electrons. The summed E-state index contributed by atoms with van der Waals surface area (Å²) in [6.45, 7) is 0.805. The van der Waals surface area contributed by atoms with Crippen molar-refractivity contribution in [2.24, 2.45) is 5.92 Å². The zero-order valence-corrected chi connectivity index (χ0v) is 13.1. The van der Waals surface area contributed by atoms with Gasteiger partial charge in [0, 0.05) is 24.8 Å². The number of hydrogen-bond acceptors (Lipinski definition) is 3. The Morgan fingerprint density at radius 3 is 2.64 bits per heavy atom. The minimum absolute atomic E-state index is 0.0879. The SMILES string of the molecule is CN(CC(=O)NCc1ccccc1F)C1CCC(CO)CC1. The van der Waals surface area contributed by atoms with Crippen molar-refractivity contribution in [1.29, 1.82) is 0 Å². The van der Waals surface area contributed by atoms with Gasteiger partial charge in [-0.1, -0.05) is 18.2 Å². The molecular weight excluding hydrogens is 283 g/mol. The Bertz CT molecular complexity index is 487. The molecule has 0 spiro atoms. The van der Waals surface area contributed by atoms with E-state index in [-0.39, 0.29) is 24.9 Å². The first-order chi connectivity index (χ1) is 10.6. The molecule has 4 nitrogen and oxygen atoms in total. The number of nitrogens with one attached hydrogen (secondary N) is 1. The number of likely N-dealkylation sites (N-methyl/N-ethyl adjacent to an activating group) is 1. The minimum Gasteiger partial charge on any atom is -0.396 e. The standard InChI is InChI=1S/C17H25FN2O2/c1-20(15-8-6-13(12-21)7-9-15)11-17(22)19-10-14-4-2-3-5-16(14)18/h2-5,13,15,21H,6-12H2,1H3,(H,19,22). The lowest BCUT2D eigenvalue weighted by molar-refractivity contribution is -0.122. The normalized spacial score (nSPS) is 21.8. The van der Waals surface area contributed by atoms with Crippen LogP contribution in [0.3, 0.4) is 0 Å². The van der Waals surface area contributed by atoms with Gasteiger partial charge in [-0.15, -0.1) is 0 Å². The van der Waals surface area contributed by atoms with Gasteiger partial charge in [0.2, 0.25) is 5.91 Å². The molecule has 1 amide bonds. The van der Waals surface area contributed by atoms with Crippen LogP contribution in [0.2, 0.25) is 0 Å². The molecule has 0 bridgehead atoms. The molecule has 0 saturated heterocycles. The van der Waals surface area contributed by atoms with Gasteiger partial charge in [0.15, 0.2) is 0 Å². The second-order valence-electron chi connectivity index (χ2n) is 6.14. The van der Waals surface area contributed by atoms with E-state index in [1.807, 2.05) is 7.05 Å². The van der Waals surface area contributed by atoms with Crippen molar-refractivity contribution in [1.82, 2.24) is 10.2 Å². The van der Waals surface area contributed by atoms with Crippen LogP contribution < -0.4 is 5.32 Å². The van der Waals surface area contributed by atoms with Crippen LogP contribution in [0.5, 0.6) is 0 Å². The number of rotatable bonds is 6. The predicted molar refractivity (Wildman–Crippen MR) is 83.7 cm³/mol. The lowest BCUT2D eigenvalue weighted by Gasteiger charge is -2.33. The highest BCUT2D eigenvalue weighted by molar-refractivity contribution is 5.78. The van der Waals surface area contributed by atoms with Crippen LogP contribution in [-0.2, 0) is 11.3 Å². The predicted octanol–water partition coefficient (Wildman–Crippen LogP) is 1.92. The highest BCUT2D eigenvalue weighted by atomic mass is 19.1. The van der Waals surface area contributed by atoms with Crippen LogP contribution in [0.15, 0.2) is 24.3 Å². The van der Waals surface area contributed by atoms with E-state index >= 15 is 0 Å². The Labute approximate surface area is 131 Å². The zero-order chi connectivity index (χ0) is 15.9. The van der Waals surface area contributed by atoms with Gasteiger partial charge < -0.3 is 10.4 Å². The lowest BCUT2D eigenvalue weighted by atomic mass is 9.86. The molecule has 1 fully saturated rings. The summed E-state index contributed by atoms with van der Waals surface area (Å²) >= 11 is 0. The van der Waals surface area contributed by atoms with Gasteiger partial charge in [-0.3, -0.25) is 9.69 Å². The number of hydrogen-bond donors (Lipinski definition) is 2. The average molecular weight is 308 g/mol. The first-order valence-electron chi connectivity index (χ1n) is 7.91. The van der Waals surface area contributed by atoms with Crippen LogP contribution >= 0.6 is 0 Å². The molecular formula is C17H25FN2O2. The number of nitrogens with zero attached hydrogens (tertiary/aromatic N) is 1. The van der Waals surface area contributed by atoms with E-state index in [9.17, 15) is 9.18 Å². The van der Waals surface area contributed by atoms with E-state index < -0.39 is 0 Å². The Kier molecular flexibility index (Phi) is 6.34. The number of benzene rings is 1. The fourth-order valence-corrected chi connectivity index (χ4v) is 3.02. The van der Waals surface area contributed by atoms with E-state index in [2.05, 4.69) is 10.2 Å². The second-order valence-corrected chi connectivity index (χ2v) is 6.14. The third kappa shape index (κ3) is 4.78. The molecule has 22 heavy (non-hydrogen) atoms. The summed E-state index contributed by atoms with van der Waals surface area (Å²) in [7, 11) is 1.95. The number of halogens is 1. The van der Waals surface area contributed by atoms with E-state index in [0.29, 0.717) is 24.1 Å². The van der Waals surface area contributed by atoms with Crippen molar-refractivity contribution in [3.8, 4) is 0 Å². The Morgan fingerprint density at radius 1 is 1.32 bits per heavy atom. The topological polar surface area (TPSA) is 52.6 Å². The number of carbonyl (C=O) groups is 1. The lowest BCUT2D eigenvalue weighted by Crippen LogP contribution is -2.42. The Hall–Kier alpha value is -1.46. The van der Waals surface area contributed by atoms with Crippen molar-refractivity contribution < 1.29 is 14.3 Å². The van der Waals surface area contributed by atoms with Gasteiger partial charge >= 0.3 is 0 Å². The maximum atomic E-state index is 13.5. The molecule has 1 aliphatic rings.